The number of rotatable bonds is 6. The van der Waals surface area contributed by atoms with Crippen molar-refractivity contribution in [3.05, 3.63) is 87.9 Å². The van der Waals surface area contributed by atoms with Crippen LogP contribution in [0, 0.1) is 0 Å². The van der Waals surface area contributed by atoms with E-state index in [-0.39, 0.29) is 10.8 Å². The van der Waals surface area contributed by atoms with E-state index < -0.39 is 0 Å². The van der Waals surface area contributed by atoms with Crippen molar-refractivity contribution in [2.24, 2.45) is 5.10 Å². The van der Waals surface area contributed by atoms with Gasteiger partial charge in [-0.25, -0.2) is 0 Å². The van der Waals surface area contributed by atoms with Gasteiger partial charge in [-0.05, 0) is 54.2 Å². The first-order valence-electron chi connectivity index (χ1n) is 9.67. The molecule has 0 radical (unpaired) electrons. The number of hydrogen-bond acceptors (Lipinski definition) is 6. The first kappa shape index (κ1) is 23.3. The number of benzene rings is 3. The zero-order valence-corrected chi connectivity index (χ0v) is 20.3. The summed E-state index contributed by atoms with van der Waals surface area (Å²) in [5.74, 6) is 0.264. The molecule has 10 heteroatoms. The number of nitrogens with one attached hydrogen (secondary N) is 1. The van der Waals surface area contributed by atoms with Crippen LogP contribution in [0.25, 0.3) is 17.1 Å². The third kappa shape index (κ3) is 5.39. The summed E-state index contributed by atoms with van der Waals surface area (Å²) in [6.07, 6.45) is 0. The second-order valence-electron chi connectivity index (χ2n) is 6.77. The van der Waals surface area contributed by atoms with E-state index in [2.05, 4.69) is 20.7 Å². The molecule has 0 saturated carbocycles. The lowest BCUT2D eigenvalue weighted by atomic mass is 10.2. The van der Waals surface area contributed by atoms with Crippen LogP contribution in [0.15, 0.2) is 83.1 Å². The fraction of sp³-hybridized carbons (Fsp3) is 0.0435. The fourth-order valence-corrected chi connectivity index (χ4v) is 4.36. The Hall–Kier alpha value is -2.84. The van der Waals surface area contributed by atoms with Gasteiger partial charge in [0, 0.05) is 23.2 Å². The molecule has 0 amide bonds. The fourth-order valence-electron chi connectivity index (χ4n) is 2.91. The third-order valence-electron chi connectivity index (χ3n) is 4.46. The molecule has 0 spiro atoms. The summed E-state index contributed by atoms with van der Waals surface area (Å²) in [6, 6.07) is 21.8. The van der Waals surface area contributed by atoms with Gasteiger partial charge in [0.05, 0.1) is 15.7 Å². The number of hydrazone groups is 1. The third-order valence-corrected chi connectivity index (χ3v) is 6.36. The highest BCUT2D eigenvalue weighted by Crippen LogP contribution is 2.34. The zero-order chi connectivity index (χ0) is 23.4. The Labute approximate surface area is 209 Å². The number of hydrogen-bond donors (Lipinski definition) is 1. The van der Waals surface area contributed by atoms with Crippen molar-refractivity contribution in [2.75, 3.05) is 5.43 Å². The number of Topliss-reactive ketones (excluding diaryl/α,β-unsaturated/α-hetero) is 1. The van der Waals surface area contributed by atoms with Crippen LogP contribution in [0.4, 0.5) is 5.69 Å². The van der Waals surface area contributed by atoms with Gasteiger partial charge in [0.1, 0.15) is 0 Å². The maximum absolute atomic E-state index is 12.4. The highest BCUT2D eigenvalue weighted by atomic mass is 35.5. The van der Waals surface area contributed by atoms with Crippen molar-refractivity contribution < 1.29 is 4.79 Å². The summed E-state index contributed by atoms with van der Waals surface area (Å²) in [5, 5.41) is 15.0. The van der Waals surface area contributed by atoms with Crippen molar-refractivity contribution in [2.45, 2.75) is 12.1 Å². The number of halogens is 3. The van der Waals surface area contributed by atoms with Crippen molar-refractivity contribution in [1.82, 2.24) is 14.8 Å². The number of carbonyl (C=O) groups excluding carboxylic acids is 1. The summed E-state index contributed by atoms with van der Waals surface area (Å²) in [5.41, 5.74) is 4.88. The Bertz CT molecular complexity index is 1340. The second kappa shape index (κ2) is 10.4. The van der Waals surface area contributed by atoms with Crippen molar-refractivity contribution >= 4 is 63.1 Å². The minimum absolute atomic E-state index is 0.188. The largest absolute Gasteiger partial charge is 0.292 e. The molecule has 6 nitrogen and oxygen atoms in total. The van der Waals surface area contributed by atoms with E-state index in [4.69, 9.17) is 34.8 Å². The van der Waals surface area contributed by atoms with Crippen LogP contribution in [0.2, 0.25) is 15.1 Å². The van der Waals surface area contributed by atoms with Gasteiger partial charge in [-0.1, -0.05) is 65.1 Å². The molecule has 0 bridgehead atoms. The molecular formula is C23H16Cl3N5OS. The molecule has 1 aromatic heterocycles. The number of anilines is 1. The van der Waals surface area contributed by atoms with Crippen LogP contribution < -0.4 is 5.43 Å². The molecule has 0 atom stereocenters. The number of aromatic nitrogens is 3. The van der Waals surface area contributed by atoms with Gasteiger partial charge in [0.2, 0.25) is 5.16 Å². The van der Waals surface area contributed by atoms with E-state index in [1.165, 1.54) is 6.92 Å². The molecule has 3 aromatic carbocycles. The summed E-state index contributed by atoms with van der Waals surface area (Å²) in [7, 11) is 0. The van der Waals surface area contributed by atoms with Crippen LogP contribution in [-0.4, -0.2) is 25.6 Å². The zero-order valence-electron chi connectivity index (χ0n) is 17.2. The molecule has 0 aliphatic carbocycles. The minimum Gasteiger partial charge on any atom is -0.292 e. The van der Waals surface area contributed by atoms with Crippen molar-refractivity contribution in [3.8, 4) is 17.1 Å². The number of para-hydroxylation sites is 2. The van der Waals surface area contributed by atoms with Gasteiger partial charge < -0.3 is 0 Å². The molecule has 0 saturated heterocycles. The molecular weight excluding hydrogens is 501 g/mol. The first-order chi connectivity index (χ1) is 15.9. The summed E-state index contributed by atoms with van der Waals surface area (Å²) in [6.45, 7) is 1.43. The van der Waals surface area contributed by atoms with Crippen LogP contribution >= 0.6 is 46.6 Å². The summed E-state index contributed by atoms with van der Waals surface area (Å²) < 4.78 is 1.81. The van der Waals surface area contributed by atoms with Crippen LogP contribution in [0.3, 0.4) is 0 Å². The van der Waals surface area contributed by atoms with Crippen LogP contribution in [0.1, 0.15) is 6.92 Å². The van der Waals surface area contributed by atoms with Gasteiger partial charge in [-0.15, -0.1) is 10.2 Å². The summed E-state index contributed by atoms with van der Waals surface area (Å²) in [4.78, 5) is 12.4. The molecule has 0 aliphatic rings. The van der Waals surface area contributed by atoms with E-state index in [1.54, 1.807) is 30.3 Å². The lowest BCUT2D eigenvalue weighted by Gasteiger charge is -2.11. The lowest BCUT2D eigenvalue weighted by molar-refractivity contribution is -0.110. The van der Waals surface area contributed by atoms with Crippen LogP contribution in [0.5, 0.6) is 0 Å². The quantitative estimate of drug-likeness (QED) is 0.129. The number of ketones is 1. The smallest absolute Gasteiger partial charge is 0.202 e. The van der Waals surface area contributed by atoms with E-state index >= 15 is 0 Å². The first-order valence-corrected chi connectivity index (χ1v) is 11.6. The Morgan fingerprint density at radius 2 is 1.67 bits per heavy atom. The van der Waals surface area contributed by atoms with E-state index in [0.717, 1.165) is 17.4 Å². The Morgan fingerprint density at radius 3 is 2.36 bits per heavy atom. The molecule has 1 heterocycles. The number of carbonyl (C=O) groups is 1. The molecule has 0 fully saturated rings. The Morgan fingerprint density at radius 1 is 0.939 bits per heavy atom. The van der Waals surface area contributed by atoms with Gasteiger partial charge >= 0.3 is 0 Å². The van der Waals surface area contributed by atoms with E-state index in [0.29, 0.717) is 37.3 Å². The van der Waals surface area contributed by atoms with E-state index in [9.17, 15) is 4.79 Å². The Balaban J connectivity index is 1.77. The van der Waals surface area contributed by atoms with Crippen LogP contribution in [-0.2, 0) is 4.79 Å². The molecule has 0 aliphatic heterocycles. The predicted octanol–water partition coefficient (Wildman–Crippen LogP) is 7.00. The van der Waals surface area contributed by atoms with Gasteiger partial charge in [0.15, 0.2) is 16.7 Å². The SMILES string of the molecule is CC(=O)C(=NNc1ccccc1Cl)Sc1nnc(-c2ccc(Cl)cc2Cl)n1-c1ccccc1. The Kier molecular flexibility index (Phi) is 7.35. The van der Waals surface area contributed by atoms with Gasteiger partial charge in [-0.3, -0.25) is 14.8 Å². The number of thioether (sulfide) groups is 1. The highest BCUT2D eigenvalue weighted by molar-refractivity contribution is 8.15. The molecule has 166 valence electrons. The van der Waals surface area contributed by atoms with Gasteiger partial charge in [-0.2, -0.15) is 5.10 Å². The maximum atomic E-state index is 12.4. The van der Waals surface area contributed by atoms with Crippen molar-refractivity contribution in [3.63, 3.8) is 0 Å². The standard InChI is InChI=1S/C23H16Cl3N5OS/c1-14(32)22(29-27-20-10-6-5-9-18(20)25)33-23-30-28-21(17-12-11-15(24)13-19(17)26)31(23)16-7-3-2-4-8-16/h2-13,27H,1H3. The average molecular weight is 517 g/mol. The topological polar surface area (TPSA) is 72.2 Å². The predicted molar refractivity (Wildman–Crippen MR) is 136 cm³/mol. The van der Waals surface area contributed by atoms with E-state index in [1.807, 2.05) is 47.0 Å². The molecule has 0 unspecified atom stereocenters. The highest BCUT2D eigenvalue weighted by Gasteiger charge is 2.21. The monoisotopic (exact) mass is 515 g/mol. The second-order valence-corrected chi connectivity index (χ2v) is 8.97. The molecule has 4 aromatic rings. The maximum Gasteiger partial charge on any atom is 0.202 e. The normalized spacial score (nSPS) is 11.5. The lowest BCUT2D eigenvalue weighted by Crippen LogP contribution is -2.10. The number of nitrogens with zero attached hydrogens (tertiary/aromatic N) is 4. The summed E-state index contributed by atoms with van der Waals surface area (Å²) >= 11 is 19.8. The van der Waals surface area contributed by atoms with Gasteiger partial charge in [0.25, 0.3) is 0 Å². The minimum atomic E-state index is -0.242. The molecule has 4 rings (SSSR count). The van der Waals surface area contributed by atoms with Crippen molar-refractivity contribution in [1.29, 1.82) is 0 Å². The molecule has 1 N–H and O–H groups in total. The average Bonchev–Trinajstić information content (AvgIpc) is 3.21. The molecule has 33 heavy (non-hydrogen) atoms.